The molecule has 0 aliphatic carbocycles. The summed E-state index contributed by atoms with van der Waals surface area (Å²) in [6.45, 7) is 3.28. The highest BCUT2D eigenvalue weighted by Crippen LogP contribution is 2.19. The molecule has 0 spiro atoms. The lowest BCUT2D eigenvalue weighted by Gasteiger charge is -2.17. The third-order valence-corrected chi connectivity index (χ3v) is 3.50. The van der Waals surface area contributed by atoms with Crippen LogP contribution in [0.2, 0.25) is 0 Å². The van der Waals surface area contributed by atoms with Crippen LogP contribution in [0.5, 0.6) is 0 Å². The standard InChI is InChI=1S/C14H18N4/c1-10-6-7-18-14(8-10)16-13(17-18)9-11-2-4-12(15)5-3-11/h2-5,10H,6-9,15H2,1H3. The minimum absolute atomic E-state index is 0.728. The smallest absolute Gasteiger partial charge is 0.155 e. The first kappa shape index (κ1) is 11.3. The largest absolute Gasteiger partial charge is 0.399 e. The van der Waals surface area contributed by atoms with Crippen LogP contribution in [-0.4, -0.2) is 14.8 Å². The second-order valence-electron chi connectivity index (χ2n) is 5.18. The van der Waals surface area contributed by atoms with Crippen molar-refractivity contribution in [1.82, 2.24) is 14.8 Å². The predicted molar refractivity (Wildman–Crippen MR) is 71.2 cm³/mol. The molecular formula is C14H18N4. The van der Waals surface area contributed by atoms with E-state index in [1.807, 2.05) is 24.3 Å². The molecule has 0 radical (unpaired) electrons. The van der Waals surface area contributed by atoms with Gasteiger partial charge in [0.15, 0.2) is 5.82 Å². The number of aromatic nitrogens is 3. The third kappa shape index (κ3) is 2.23. The second kappa shape index (κ2) is 4.44. The van der Waals surface area contributed by atoms with Crippen LogP contribution < -0.4 is 5.73 Å². The van der Waals surface area contributed by atoms with Crippen LogP contribution in [0.3, 0.4) is 0 Å². The van der Waals surface area contributed by atoms with Gasteiger partial charge in [-0.2, -0.15) is 5.10 Å². The Morgan fingerprint density at radius 2 is 2.11 bits per heavy atom. The number of hydrogen-bond donors (Lipinski definition) is 1. The second-order valence-corrected chi connectivity index (χ2v) is 5.18. The topological polar surface area (TPSA) is 56.7 Å². The van der Waals surface area contributed by atoms with E-state index in [0.717, 1.165) is 42.6 Å². The summed E-state index contributed by atoms with van der Waals surface area (Å²) >= 11 is 0. The maximum Gasteiger partial charge on any atom is 0.155 e. The highest BCUT2D eigenvalue weighted by atomic mass is 15.3. The maximum absolute atomic E-state index is 5.68. The van der Waals surface area contributed by atoms with Gasteiger partial charge in [0.2, 0.25) is 0 Å². The molecule has 0 saturated carbocycles. The Bertz CT molecular complexity index is 541. The summed E-state index contributed by atoms with van der Waals surface area (Å²) in [5.41, 5.74) is 7.68. The van der Waals surface area contributed by atoms with E-state index in [4.69, 9.17) is 5.73 Å². The number of hydrogen-bond acceptors (Lipinski definition) is 3. The Kier molecular flexibility index (Phi) is 2.78. The minimum atomic E-state index is 0.728. The zero-order valence-corrected chi connectivity index (χ0v) is 10.6. The SMILES string of the molecule is CC1CCn2nc(Cc3ccc(N)cc3)nc2C1. The van der Waals surface area contributed by atoms with Gasteiger partial charge in [-0.15, -0.1) is 0 Å². The summed E-state index contributed by atoms with van der Waals surface area (Å²) in [7, 11) is 0. The molecule has 2 aromatic rings. The lowest BCUT2D eigenvalue weighted by atomic mass is 10.0. The lowest BCUT2D eigenvalue weighted by Crippen LogP contribution is -2.18. The zero-order chi connectivity index (χ0) is 12.5. The molecule has 1 aliphatic rings. The average molecular weight is 242 g/mol. The first-order chi connectivity index (χ1) is 8.70. The third-order valence-electron chi connectivity index (χ3n) is 3.50. The van der Waals surface area contributed by atoms with Crippen LogP contribution >= 0.6 is 0 Å². The van der Waals surface area contributed by atoms with Crippen LogP contribution in [0.4, 0.5) is 5.69 Å². The minimum Gasteiger partial charge on any atom is -0.399 e. The van der Waals surface area contributed by atoms with Crippen molar-refractivity contribution in [2.75, 3.05) is 5.73 Å². The number of nitrogens with two attached hydrogens (primary N) is 1. The van der Waals surface area contributed by atoms with Crippen LogP contribution in [0.15, 0.2) is 24.3 Å². The van der Waals surface area contributed by atoms with Gasteiger partial charge in [0.05, 0.1) is 0 Å². The van der Waals surface area contributed by atoms with E-state index in [2.05, 4.69) is 21.7 Å². The first-order valence-electron chi connectivity index (χ1n) is 6.48. The van der Waals surface area contributed by atoms with Crippen LogP contribution in [0.1, 0.15) is 30.6 Å². The van der Waals surface area contributed by atoms with Crippen LogP contribution in [-0.2, 0) is 19.4 Å². The number of aryl methyl sites for hydroxylation is 1. The Hall–Kier alpha value is -1.84. The van der Waals surface area contributed by atoms with E-state index in [1.165, 1.54) is 12.0 Å². The first-order valence-corrected chi connectivity index (χ1v) is 6.48. The molecule has 2 heterocycles. The summed E-state index contributed by atoms with van der Waals surface area (Å²) in [6, 6.07) is 7.93. The maximum atomic E-state index is 5.68. The molecule has 2 N–H and O–H groups in total. The molecule has 18 heavy (non-hydrogen) atoms. The van der Waals surface area contributed by atoms with E-state index in [9.17, 15) is 0 Å². The van der Waals surface area contributed by atoms with Gasteiger partial charge in [-0.3, -0.25) is 0 Å². The zero-order valence-electron chi connectivity index (χ0n) is 10.6. The van der Waals surface area contributed by atoms with Crippen molar-refractivity contribution in [2.24, 2.45) is 5.92 Å². The summed E-state index contributed by atoms with van der Waals surface area (Å²) in [5, 5.41) is 4.58. The van der Waals surface area contributed by atoms with Crippen molar-refractivity contribution in [3.8, 4) is 0 Å². The summed E-state index contributed by atoms with van der Waals surface area (Å²) < 4.78 is 2.06. The predicted octanol–water partition coefficient (Wildman–Crippen LogP) is 2.03. The molecule has 1 atom stereocenters. The number of fused-ring (bicyclic) bond motifs is 1. The Morgan fingerprint density at radius 1 is 1.33 bits per heavy atom. The Labute approximate surface area is 107 Å². The number of nitrogens with zero attached hydrogens (tertiary/aromatic N) is 3. The van der Waals surface area contributed by atoms with Gasteiger partial charge in [-0.25, -0.2) is 9.67 Å². The lowest BCUT2D eigenvalue weighted by molar-refractivity contribution is 0.385. The van der Waals surface area contributed by atoms with Crippen molar-refractivity contribution in [3.63, 3.8) is 0 Å². The van der Waals surface area contributed by atoms with Crippen molar-refractivity contribution in [3.05, 3.63) is 41.5 Å². The number of anilines is 1. The average Bonchev–Trinajstić information content (AvgIpc) is 2.73. The van der Waals surface area contributed by atoms with E-state index in [0.29, 0.717) is 0 Å². The van der Waals surface area contributed by atoms with Gasteiger partial charge in [-0.05, 0) is 30.0 Å². The highest BCUT2D eigenvalue weighted by molar-refractivity contribution is 5.39. The monoisotopic (exact) mass is 242 g/mol. The van der Waals surface area contributed by atoms with E-state index in [-0.39, 0.29) is 0 Å². The Morgan fingerprint density at radius 3 is 2.89 bits per heavy atom. The molecule has 0 amide bonds. The van der Waals surface area contributed by atoms with Crippen LogP contribution in [0.25, 0.3) is 0 Å². The van der Waals surface area contributed by atoms with Gasteiger partial charge in [0.25, 0.3) is 0 Å². The molecule has 0 fully saturated rings. The molecular weight excluding hydrogens is 224 g/mol. The molecule has 94 valence electrons. The van der Waals surface area contributed by atoms with E-state index < -0.39 is 0 Å². The van der Waals surface area contributed by atoms with Crippen LogP contribution in [0, 0.1) is 5.92 Å². The van der Waals surface area contributed by atoms with Crippen molar-refractivity contribution in [1.29, 1.82) is 0 Å². The fourth-order valence-corrected chi connectivity index (χ4v) is 2.41. The van der Waals surface area contributed by atoms with Gasteiger partial charge in [0, 0.05) is 25.1 Å². The van der Waals surface area contributed by atoms with Crippen molar-refractivity contribution < 1.29 is 0 Å². The number of rotatable bonds is 2. The summed E-state index contributed by atoms with van der Waals surface area (Å²) in [5.74, 6) is 2.79. The van der Waals surface area contributed by atoms with Gasteiger partial charge in [-0.1, -0.05) is 19.1 Å². The van der Waals surface area contributed by atoms with Gasteiger partial charge >= 0.3 is 0 Å². The fourth-order valence-electron chi connectivity index (χ4n) is 2.41. The molecule has 4 heteroatoms. The van der Waals surface area contributed by atoms with E-state index in [1.54, 1.807) is 0 Å². The van der Waals surface area contributed by atoms with Crippen molar-refractivity contribution in [2.45, 2.75) is 32.7 Å². The van der Waals surface area contributed by atoms with Gasteiger partial charge in [0.1, 0.15) is 5.82 Å². The molecule has 0 saturated heterocycles. The highest BCUT2D eigenvalue weighted by Gasteiger charge is 2.18. The molecule has 1 aliphatic heterocycles. The van der Waals surface area contributed by atoms with Crippen molar-refractivity contribution >= 4 is 5.69 Å². The molecule has 1 aromatic carbocycles. The molecule has 1 aromatic heterocycles. The molecule has 4 nitrogen and oxygen atoms in total. The Balaban J connectivity index is 1.79. The summed E-state index contributed by atoms with van der Waals surface area (Å²) in [6.07, 6.45) is 3.04. The molecule has 1 unspecified atom stereocenters. The fraction of sp³-hybridized carbons (Fsp3) is 0.429. The summed E-state index contributed by atoms with van der Waals surface area (Å²) in [4.78, 5) is 4.64. The number of nitrogen functional groups attached to an aromatic ring is 1. The van der Waals surface area contributed by atoms with E-state index >= 15 is 0 Å². The normalized spacial score (nSPS) is 18.6. The molecule has 3 rings (SSSR count). The number of benzene rings is 1. The van der Waals surface area contributed by atoms with Gasteiger partial charge < -0.3 is 5.73 Å². The molecule has 0 bridgehead atoms. The quantitative estimate of drug-likeness (QED) is 0.820.